The van der Waals surface area contributed by atoms with Gasteiger partial charge in [-0.3, -0.25) is 0 Å². The molecule has 2 aromatic rings. The number of anilines is 1. The van der Waals surface area contributed by atoms with Gasteiger partial charge >= 0.3 is 0 Å². The molecule has 0 saturated heterocycles. The predicted molar refractivity (Wildman–Crippen MR) is 95.0 cm³/mol. The van der Waals surface area contributed by atoms with E-state index in [4.69, 9.17) is 4.98 Å². The lowest BCUT2D eigenvalue weighted by Gasteiger charge is -2.19. The standard InChI is InChI=1S/C16H22BrN3S/c1-16(2,3)18-9-14-11-21-15(19-14)20(4)10-12-5-7-13(17)8-6-12/h5-8,11,18H,9-10H2,1-4H3. The van der Waals surface area contributed by atoms with Gasteiger partial charge in [0.2, 0.25) is 0 Å². The Morgan fingerprint density at radius 3 is 2.52 bits per heavy atom. The number of nitrogens with zero attached hydrogens (tertiary/aromatic N) is 2. The predicted octanol–water partition coefficient (Wildman–Crippen LogP) is 4.43. The molecule has 21 heavy (non-hydrogen) atoms. The largest absolute Gasteiger partial charge is 0.347 e. The van der Waals surface area contributed by atoms with Crippen LogP contribution in [0, 0.1) is 0 Å². The third kappa shape index (κ3) is 5.41. The van der Waals surface area contributed by atoms with E-state index in [1.807, 2.05) is 0 Å². The molecule has 5 heteroatoms. The molecule has 1 aromatic carbocycles. The summed E-state index contributed by atoms with van der Waals surface area (Å²) >= 11 is 5.16. The van der Waals surface area contributed by atoms with Crippen molar-refractivity contribution in [3.63, 3.8) is 0 Å². The van der Waals surface area contributed by atoms with Gasteiger partial charge < -0.3 is 10.2 Å². The second-order valence-electron chi connectivity index (χ2n) is 6.21. The molecule has 2 rings (SSSR count). The van der Waals surface area contributed by atoms with Gasteiger partial charge in [0.15, 0.2) is 5.13 Å². The van der Waals surface area contributed by atoms with E-state index >= 15 is 0 Å². The lowest BCUT2D eigenvalue weighted by Crippen LogP contribution is -2.35. The molecule has 0 unspecified atom stereocenters. The maximum atomic E-state index is 4.70. The Morgan fingerprint density at radius 2 is 1.90 bits per heavy atom. The van der Waals surface area contributed by atoms with Gasteiger partial charge in [0.05, 0.1) is 5.69 Å². The number of aromatic nitrogens is 1. The quantitative estimate of drug-likeness (QED) is 0.846. The first kappa shape index (κ1) is 16.5. The van der Waals surface area contributed by atoms with Crippen LogP contribution >= 0.6 is 27.3 Å². The highest BCUT2D eigenvalue weighted by Crippen LogP contribution is 2.22. The fourth-order valence-electron chi connectivity index (χ4n) is 1.84. The molecule has 0 atom stereocenters. The van der Waals surface area contributed by atoms with Crippen molar-refractivity contribution in [1.82, 2.24) is 10.3 Å². The van der Waals surface area contributed by atoms with Crippen molar-refractivity contribution in [3.05, 3.63) is 45.4 Å². The molecule has 1 aromatic heterocycles. The second-order valence-corrected chi connectivity index (χ2v) is 7.96. The summed E-state index contributed by atoms with van der Waals surface area (Å²) in [4.78, 5) is 6.89. The lowest BCUT2D eigenvalue weighted by molar-refractivity contribution is 0.422. The van der Waals surface area contributed by atoms with Crippen LogP contribution < -0.4 is 10.2 Å². The average molecular weight is 368 g/mol. The number of halogens is 1. The van der Waals surface area contributed by atoms with Crippen molar-refractivity contribution in [3.8, 4) is 0 Å². The highest BCUT2D eigenvalue weighted by atomic mass is 79.9. The van der Waals surface area contributed by atoms with Crippen molar-refractivity contribution in [1.29, 1.82) is 0 Å². The summed E-state index contributed by atoms with van der Waals surface area (Å²) in [6.07, 6.45) is 0. The van der Waals surface area contributed by atoms with Crippen LogP contribution in [-0.4, -0.2) is 17.6 Å². The van der Waals surface area contributed by atoms with Crippen LogP contribution in [0.5, 0.6) is 0 Å². The minimum absolute atomic E-state index is 0.118. The highest BCUT2D eigenvalue weighted by molar-refractivity contribution is 9.10. The number of rotatable bonds is 5. The van der Waals surface area contributed by atoms with Crippen molar-refractivity contribution in [2.75, 3.05) is 11.9 Å². The molecular weight excluding hydrogens is 346 g/mol. The zero-order chi connectivity index (χ0) is 15.5. The Bertz CT molecular complexity index is 572. The van der Waals surface area contributed by atoms with Crippen LogP contribution in [0.2, 0.25) is 0 Å². The average Bonchev–Trinajstić information content (AvgIpc) is 2.87. The smallest absolute Gasteiger partial charge is 0.185 e. The lowest BCUT2D eigenvalue weighted by atomic mass is 10.1. The highest BCUT2D eigenvalue weighted by Gasteiger charge is 2.11. The Morgan fingerprint density at radius 1 is 1.24 bits per heavy atom. The molecule has 114 valence electrons. The third-order valence-corrected chi connectivity index (χ3v) is 4.53. The van der Waals surface area contributed by atoms with Crippen molar-refractivity contribution < 1.29 is 0 Å². The van der Waals surface area contributed by atoms with Gasteiger partial charge in [-0.15, -0.1) is 11.3 Å². The molecule has 0 fully saturated rings. The van der Waals surface area contributed by atoms with E-state index in [0.29, 0.717) is 0 Å². The van der Waals surface area contributed by atoms with Gasteiger partial charge in [-0.05, 0) is 38.5 Å². The Hall–Kier alpha value is -0.910. The van der Waals surface area contributed by atoms with E-state index in [-0.39, 0.29) is 5.54 Å². The van der Waals surface area contributed by atoms with E-state index in [1.165, 1.54) is 5.56 Å². The molecule has 0 bridgehead atoms. The summed E-state index contributed by atoms with van der Waals surface area (Å²) in [5.41, 5.74) is 2.51. The number of nitrogens with one attached hydrogen (secondary N) is 1. The first-order chi connectivity index (χ1) is 9.83. The summed E-state index contributed by atoms with van der Waals surface area (Å²) in [6, 6.07) is 8.42. The summed E-state index contributed by atoms with van der Waals surface area (Å²) in [5, 5.41) is 6.66. The summed E-state index contributed by atoms with van der Waals surface area (Å²) in [7, 11) is 2.09. The monoisotopic (exact) mass is 367 g/mol. The molecule has 0 aliphatic heterocycles. The van der Waals surface area contributed by atoms with Crippen LogP contribution in [0.15, 0.2) is 34.1 Å². The normalized spacial score (nSPS) is 11.7. The number of hydrogen-bond acceptors (Lipinski definition) is 4. The Labute approximate surface area is 139 Å². The fraction of sp³-hybridized carbons (Fsp3) is 0.438. The molecule has 0 aliphatic carbocycles. The van der Waals surface area contributed by atoms with Crippen molar-refractivity contribution in [2.24, 2.45) is 0 Å². The molecule has 1 N–H and O–H groups in total. The Balaban J connectivity index is 1.95. The first-order valence-corrected chi connectivity index (χ1v) is 8.66. The molecule has 3 nitrogen and oxygen atoms in total. The van der Waals surface area contributed by atoms with Gasteiger partial charge in [-0.2, -0.15) is 0 Å². The number of hydrogen-bond donors (Lipinski definition) is 1. The van der Waals surface area contributed by atoms with Gasteiger partial charge in [0, 0.05) is 35.5 Å². The zero-order valence-electron chi connectivity index (χ0n) is 13.0. The summed E-state index contributed by atoms with van der Waals surface area (Å²) in [5.74, 6) is 0. The topological polar surface area (TPSA) is 28.2 Å². The summed E-state index contributed by atoms with van der Waals surface area (Å²) < 4.78 is 1.11. The molecule has 1 heterocycles. The van der Waals surface area contributed by atoms with Gasteiger partial charge in [0.25, 0.3) is 0 Å². The summed E-state index contributed by atoms with van der Waals surface area (Å²) in [6.45, 7) is 8.18. The molecular formula is C16H22BrN3S. The minimum atomic E-state index is 0.118. The maximum Gasteiger partial charge on any atom is 0.185 e. The fourth-order valence-corrected chi connectivity index (χ4v) is 2.90. The van der Waals surface area contributed by atoms with Crippen LogP contribution in [-0.2, 0) is 13.1 Å². The maximum absolute atomic E-state index is 4.70. The molecule has 0 aliphatic rings. The molecule has 0 spiro atoms. The van der Waals surface area contributed by atoms with E-state index in [0.717, 1.165) is 28.4 Å². The molecule has 0 radical (unpaired) electrons. The van der Waals surface area contributed by atoms with Crippen LogP contribution in [0.25, 0.3) is 0 Å². The number of benzene rings is 1. The van der Waals surface area contributed by atoms with Crippen molar-refractivity contribution >= 4 is 32.4 Å². The SMILES string of the molecule is CN(Cc1ccc(Br)cc1)c1nc(CNC(C)(C)C)cs1. The van der Waals surface area contributed by atoms with Crippen LogP contribution in [0.4, 0.5) is 5.13 Å². The third-order valence-electron chi connectivity index (χ3n) is 3.00. The second kappa shape index (κ2) is 6.90. The van der Waals surface area contributed by atoms with Crippen LogP contribution in [0.3, 0.4) is 0 Å². The van der Waals surface area contributed by atoms with Gasteiger partial charge in [-0.1, -0.05) is 28.1 Å². The molecule has 0 amide bonds. The number of thiazole rings is 1. The zero-order valence-corrected chi connectivity index (χ0v) is 15.4. The van der Waals surface area contributed by atoms with Gasteiger partial charge in [0.1, 0.15) is 0 Å². The Kier molecular flexibility index (Phi) is 5.41. The first-order valence-electron chi connectivity index (χ1n) is 6.98. The van der Waals surface area contributed by atoms with Crippen molar-refractivity contribution in [2.45, 2.75) is 39.4 Å². The van der Waals surface area contributed by atoms with E-state index in [9.17, 15) is 0 Å². The minimum Gasteiger partial charge on any atom is -0.347 e. The van der Waals surface area contributed by atoms with E-state index in [2.05, 4.69) is 83.6 Å². The van der Waals surface area contributed by atoms with Gasteiger partial charge in [-0.25, -0.2) is 4.98 Å². The van der Waals surface area contributed by atoms with E-state index in [1.54, 1.807) is 11.3 Å². The van der Waals surface area contributed by atoms with E-state index < -0.39 is 0 Å². The molecule has 0 saturated carbocycles. The van der Waals surface area contributed by atoms with Crippen LogP contribution in [0.1, 0.15) is 32.0 Å².